The molecule has 0 aromatic heterocycles. The van der Waals surface area contributed by atoms with Crippen molar-refractivity contribution < 1.29 is 19.5 Å². The van der Waals surface area contributed by atoms with Crippen molar-refractivity contribution in [3.63, 3.8) is 0 Å². The van der Waals surface area contributed by atoms with E-state index in [0.29, 0.717) is 18.1 Å². The van der Waals surface area contributed by atoms with Crippen LogP contribution in [-0.4, -0.2) is 37.2 Å². The fraction of sp³-hybridized carbons (Fsp3) is 0.556. The molecule has 86 valence electrons. The van der Waals surface area contributed by atoms with Crippen molar-refractivity contribution in [2.24, 2.45) is 0 Å². The van der Waals surface area contributed by atoms with Gasteiger partial charge in [0, 0.05) is 8.07 Å². The molecule has 1 N–H and O–H groups in total. The van der Waals surface area contributed by atoms with Crippen LogP contribution in [0.1, 0.15) is 0 Å². The zero-order chi connectivity index (χ0) is 12.1. The first kappa shape index (κ1) is 13.9. The average molecular weight is 231 g/mol. The third-order valence-corrected chi connectivity index (χ3v) is 3.40. The maximum atomic E-state index is 10.5. The molecule has 5 nitrogen and oxygen atoms in total. The summed E-state index contributed by atoms with van der Waals surface area (Å²) in [6.07, 6.45) is 0.306. The van der Waals surface area contributed by atoms with Gasteiger partial charge in [-0.2, -0.15) is 5.06 Å². The summed E-state index contributed by atoms with van der Waals surface area (Å²) in [4.78, 5) is 26.0. The third-order valence-electron chi connectivity index (χ3n) is 1.69. The van der Waals surface area contributed by atoms with Crippen molar-refractivity contribution in [2.75, 3.05) is 6.61 Å². The van der Waals surface area contributed by atoms with E-state index in [0.717, 1.165) is 6.04 Å². The molecule has 0 radical (unpaired) electrons. The molecule has 0 rings (SSSR count). The van der Waals surface area contributed by atoms with Crippen molar-refractivity contribution in [3.05, 3.63) is 12.3 Å². The molecule has 0 aliphatic rings. The summed E-state index contributed by atoms with van der Waals surface area (Å²) in [5.74, 6) is -1.27. The first-order valence-electron chi connectivity index (χ1n) is 4.57. The molecular formula is C9H17NO4Si. The van der Waals surface area contributed by atoms with E-state index in [1.807, 2.05) is 0 Å². The zero-order valence-corrected chi connectivity index (χ0v) is 10.3. The molecule has 0 aliphatic heterocycles. The monoisotopic (exact) mass is 231 g/mol. The highest BCUT2D eigenvalue weighted by atomic mass is 28.3. The predicted octanol–water partition coefficient (Wildman–Crippen LogP) is 1.31. The Bertz CT molecular complexity index is 259. The number of carbonyl (C=O) groups excluding carboxylic acids is 1. The van der Waals surface area contributed by atoms with E-state index in [2.05, 4.69) is 26.2 Å². The predicted molar refractivity (Wildman–Crippen MR) is 58.8 cm³/mol. The number of hydrogen-bond donors (Lipinski definition) is 1. The van der Waals surface area contributed by atoms with Gasteiger partial charge < -0.3 is 5.11 Å². The quantitative estimate of drug-likeness (QED) is 0.310. The number of carbonyl (C=O) groups is 2. The van der Waals surface area contributed by atoms with Crippen molar-refractivity contribution in [1.82, 2.24) is 5.06 Å². The normalized spacial score (nSPS) is 10.9. The van der Waals surface area contributed by atoms with Crippen molar-refractivity contribution in [2.45, 2.75) is 25.7 Å². The Labute approximate surface area is 90.3 Å². The van der Waals surface area contributed by atoms with Gasteiger partial charge in [0.05, 0.1) is 6.61 Å². The molecule has 0 fully saturated rings. The fourth-order valence-electron chi connectivity index (χ4n) is 0.716. The zero-order valence-electron chi connectivity index (χ0n) is 9.32. The van der Waals surface area contributed by atoms with Crippen LogP contribution in [0.5, 0.6) is 0 Å². The molecule has 0 aromatic rings. The van der Waals surface area contributed by atoms with E-state index in [1.54, 1.807) is 0 Å². The fourth-order valence-corrected chi connectivity index (χ4v) is 1.42. The molecule has 0 heterocycles. The minimum absolute atomic E-state index is 0.306. The minimum atomic E-state index is -1.27. The number of rotatable bonds is 7. The molecule has 0 unspecified atom stereocenters. The summed E-state index contributed by atoms with van der Waals surface area (Å²) >= 11 is 0. The van der Waals surface area contributed by atoms with Gasteiger partial charge in [-0.15, -0.1) is 0 Å². The molecule has 15 heavy (non-hydrogen) atoms. The van der Waals surface area contributed by atoms with Gasteiger partial charge in [-0.25, -0.2) is 4.79 Å². The van der Waals surface area contributed by atoms with Crippen LogP contribution in [0, 0.1) is 0 Å². The standard InChI is InChI=1S/C9H17NO4Si/c1-8(9(12)13)10(7-11)14-5-6-15(2,3)4/h7H,1,5-6H2,2-4H3,(H,12,13). The van der Waals surface area contributed by atoms with Gasteiger partial charge in [-0.05, 0) is 6.04 Å². The summed E-state index contributed by atoms with van der Waals surface area (Å²) in [5, 5.41) is 9.23. The number of hydroxylamine groups is 2. The molecule has 0 saturated heterocycles. The Hall–Kier alpha value is -1.14. The number of nitrogens with zero attached hydrogens (tertiary/aromatic N) is 1. The molecule has 1 amide bonds. The molecule has 0 aromatic carbocycles. The topological polar surface area (TPSA) is 66.8 Å². The molecule has 0 saturated carbocycles. The Morgan fingerprint density at radius 3 is 2.40 bits per heavy atom. The van der Waals surface area contributed by atoms with Crippen LogP contribution < -0.4 is 0 Å². The Kier molecular flexibility index (Phi) is 5.24. The van der Waals surface area contributed by atoms with Gasteiger partial charge in [0.2, 0.25) is 6.41 Å². The van der Waals surface area contributed by atoms with Gasteiger partial charge in [0.15, 0.2) is 5.70 Å². The van der Waals surface area contributed by atoms with Gasteiger partial charge in [0.25, 0.3) is 0 Å². The highest BCUT2D eigenvalue weighted by Crippen LogP contribution is 2.09. The second-order valence-corrected chi connectivity index (χ2v) is 9.95. The lowest BCUT2D eigenvalue weighted by Gasteiger charge is -2.19. The van der Waals surface area contributed by atoms with Gasteiger partial charge >= 0.3 is 5.97 Å². The van der Waals surface area contributed by atoms with Crippen molar-refractivity contribution in [1.29, 1.82) is 0 Å². The van der Waals surface area contributed by atoms with Crippen LogP contribution in [0.25, 0.3) is 0 Å². The highest BCUT2D eigenvalue weighted by molar-refractivity contribution is 6.76. The SMILES string of the molecule is C=C(C(=O)O)N(C=O)OCC[Si](C)(C)C. The van der Waals surface area contributed by atoms with Gasteiger partial charge in [-0.1, -0.05) is 26.2 Å². The first-order chi connectivity index (χ1) is 6.78. The number of amides is 1. The first-order valence-corrected chi connectivity index (χ1v) is 8.28. The van der Waals surface area contributed by atoms with E-state index in [4.69, 9.17) is 9.94 Å². The largest absolute Gasteiger partial charge is 0.477 e. The lowest BCUT2D eigenvalue weighted by molar-refractivity contribution is -0.166. The average Bonchev–Trinajstić information content (AvgIpc) is 2.09. The second kappa shape index (κ2) is 5.67. The molecule has 0 bridgehead atoms. The third kappa shape index (κ3) is 6.03. The minimum Gasteiger partial charge on any atom is -0.477 e. The van der Waals surface area contributed by atoms with Crippen LogP contribution in [0.2, 0.25) is 25.7 Å². The smallest absolute Gasteiger partial charge is 0.354 e. The van der Waals surface area contributed by atoms with E-state index in [9.17, 15) is 9.59 Å². The lowest BCUT2D eigenvalue weighted by Crippen LogP contribution is -2.29. The second-order valence-electron chi connectivity index (χ2n) is 4.33. The Morgan fingerprint density at radius 2 is 2.07 bits per heavy atom. The maximum Gasteiger partial charge on any atom is 0.354 e. The van der Waals surface area contributed by atoms with Gasteiger partial charge in [-0.3, -0.25) is 9.63 Å². The number of carboxylic acid groups (broad SMARTS) is 1. The van der Waals surface area contributed by atoms with Crippen molar-refractivity contribution >= 4 is 20.5 Å². The Morgan fingerprint density at radius 1 is 1.53 bits per heavy atom. The lowest BCUT2D eigenvalue weighted by atomic mass is 10.5. The molecule has 0 spiro atoms. The van der Waals surface area contributed by atoms with Crippen LogP contribution in [0.3, 0.4) is 0 Å². The van der Waals surface area contributed by atoms with E-state index in [-0.39, 0.29) is 5.70 Å². The van der Waals surface area contributed by atoms with Crippen LogP contribution in [-0.2, 0) is 14.4 Å². The van der Waals surface area contributed by atoms with Crippen LogP contribution >= 0.6 is 0 Å². The molecule has 0 aliphatic carbocycles. The summed E-state index contributed by atoms with van der Waals surface area (Å²) in [6, 6.07) is 0.851. The molecule has 0 atom stereocenters. The Balaban J connectivity index is 4.08. The highest BCUT2D eigenvalue weighted by Gasteiger charge is 2.17. The van der Waals surface area contributed by atoms with Crippen LogP contribution in [0.4, 0.5) is 0 Å². The van der Waals surface area contributed by atoms with E-state index >= 15 is 0 Å². The van der Waals surface area contributed by atoms with Gasteiger partial charge in [0.1, 0.15) is 0 Å². The van der Waals surface area contributed by atoms with Crippen molar-refractivity contribution in [3.8, 4) is 0 Å². The number of hydrogen-bond acceptors (Lipinski definition) is 3. The maximum absolute atomic E-state index is 10.5. The summed E-state index contributed by atoms with van der Waals surface area (Å²) in [7, 11) is -1.24. The number of carboxylic acids is 1. The molecular weight excluding hydrogens is 214 g/mol. The van der Waals surface area contributed by atoms with Crippen LogP contribution in [0.15, 0.2) is 12.3 Å². The molecule has 6 heteroatoms. The van der Waals surface area contributed by atoms with E-state index in [1.165, 1.54) is 0 Å². The van der Waals surface area contributed by atoms with E-state index < -0.39 is 14.0 Å². The summed E-state index contributed by atoms with van der Waals surface area (Å²) < 4.78 is 0. The summed E-state index contributed by atoms with van der Waals surface area (Å²) in [6.45, 7) is 10.0. The number of aliphatic carboxylic acids is 1. The summed E-state index contributed by atoms with van der Waals surface area (Å²) in [5.41, 5.74) is -0.374.